The van der Waals surface area contributed by atoms with Gasteiger partial charge in [-0.15, -0.1) is 0 Å². The van der Waals surface area contributed by atoms with E-state index in [1.807, 2.05) is 18.2 Å². The summed E-state index contributed by atoms with van der Waals surface area (Å²) in [4.78, 5) is 12.4. The second-order valence-corrected chi connectivity index (χ2v) is 6.36. The largest absolute Gasteiger partial charge is 0.381 e. The van der Waals surface area contributed by atoms with Gasteiger partial charge in [0.05, 0.1) is 12.1 Å². The van der Waals surface area contributed by atoms with Gasteiger partial charge < -0.3 is 15.8 Å². The van der Waals surface area contributed by atoms with Crippen molar-refractivity contribution >= 4 is 17.5 Å². The smallest absolute Gasteiger partial charge is 0.237 e. The van der Waals surface area contributed by atoms with Crippen LogP contribution in [0.1, 0.15) is 36.4 Å². The fraction of sp³-hybridized carbons (Fsp3) is 0.562. The first-order valence-corrected chi connectivity index (χ1v) is 7.95. The monoisotopic (exact) mass is 308 g/mol. The van der Waals surface area contributed by atoms with Crippen LogP contribution in [0.5, 0.6) is 0 Å². The molecule has 0 saturated carbocycles. The summed E-state index contributed by atoms with van der Waals surface area (Å²) in [6, 6.07) is 5.50. The van der Waals surface area contributed by atoms with Gasteiger partial charge in [-0.25, -0.2) is 0 Å². The first-order chi connectivity index (χ1) is 10.1. The Labute approximate surface area is 130 Å². The highest BCUT2D eigenvalue weighted by Crippen LogP contribution is 2.33. The molecule has 1 saturated heterocycles. The number of aryl methyl sites for hydroxylation is 1. The lowest BCUT2D eigenvalue weighted by atomic mass is 9.91. The number of amides is 1. The van der Waals surface area contributed by atoms with E-state index < -0.39 is 6.04 Å². The molecule has 1 amide bonds. The Balaban J connectivity index is 1.63. The summed E-state index contributed by atoms with van der Waals surface area (Å²) in [6.45, 7) is 1.41. The molecule has 114 valence electrons. The zero-order chi connectivity index (χ0) is 14.8. The molecular weight excluding hydrogens is 288 g/mol. The molecule has 3 rings (SSSR count). The van der Waals surface area contributed by atoms with Crippen molar-refractivity contribution in [2.75, 3.05) is 13.2 Å². The highest BCUT2D eigenvalue weighted by atomic mass is 35.5. The maximum absolute atomic E-state index is 12.4. The van der Waals surface area contributed by atoms with Crippen LogP contribution in [0.4, 0.5) is 0 Å². The third-order valence-electron chi connectivity index (χ3n) is 4.58. The van der Waals surface area contributed by atoms with E-state index in [4.69, 9.17) is 22.1 Å². The van der Waals surface area contributed by atoms with Gasteiger partial charge in [0.1, 0.15) is 0 Å². The molecule has 3 N–H and O–H groups in total. The zero-order valence-electron chi connectivity index (χ0n) is 12.0. The standard InChI is InChI=1S/C16H21ClN2O2/c17-12-2-3-13-11(9-12)1-4-14(13)19-16(20)15(18)10-5-7-21-8-6-10/h2-3,9-10,14-15H,1,4-8,18H2,(H,19,20)/t14-,15?/m1/s1. The van der Waals surface area contributed by atoms with Crippen molar-refractivity contribution in [2.45, 2.75) is 37.8 Å². The van der Waals surface area contributed by atoms with E-state index >= 15 is 0 Å². The summed E-state index contributed by atoms with van der Waals surface area (Å²) in [7, 11) is 0. The number of nitrogens with two attached hydrogens (primary N) is 1. The van der Waals surface area contributed by atoms with Crippen LogP contribution in [0.25, 0.3) is 0 Å². The average Bonchev–Trinajstić information content (AvgIpc) is 2.89. The third-order valence-corrected chi connectivity index (χ3v) is 4.81. The molecule has 1 heterocycles. The molecule has 0 aromatic heterocycles. The minimum absolute atomic E-state index is 0.0466. The lowest BCUT2D eigenvalue weighted by Gasteiger charge is -2.28. The fourth-order valence-corrected chi connectivity index (χ4v) is 3.49. The van der Waals surface area contributed by atoms with Crippen molar-refractivity contribution in [1.82, 2.24) is 5.32 Å². The van der Waals surface area contributed by atoms with Gasteiger partial charge >= 0.3 is 0 Å². The number of hydrogen-bond donors (Lipinski definition) is 2. The summed E-state index contributed by atoms with van der Waals surface area (Å²) in [6.07, 6.45) is 3.60. The number of halogens is 1. The van der Waals surface area contributed by atoms with Gasteiger partial charge in [0.15, 0.2) is 0 Å². The van der Waals surface area contributed by atoms with E-state index in [1.165, 1.54) is 11.1 Å². The summed E-state index contributed by atoms with van der Waals surface area (Å²) in [5.74, 6) is 0.180. The number of hydrogen-bond acceptors (Lipinski definition) is 3. The predicted octanol–water partition coefficient (Wildman–Crippen LogP) is 2.20. The zero-order valence-corrected chi connectivity index (χ0v) is 12.7. The molecule has 21 heavy (non-hydrogen) atoms. The average molecular weight is 309 g/mol. The molecule has 1 aliphatic carbocycles. The van der Waals surface area contributed by atoms with Crippen LogP contribution < -0.4 is 11.1 Å². The Bertz CT molecular complexity index is 529. The van der Waals surface area contributed by atoms with E-state index in [0.29, 0.717) is 13.2 Å². The topological polar surface area (TPSA) is 64.4 Å². The molecule has 0 bridgehead atoms. The second-order valence-electron chi connectivity index (χ2n) is 5.92. The van der Waals surface area contributed by atoms with Crippen LogP contribution in [0.15, 0.2) is 18.2 Å². The van der Waals surface area contributed by atoms with Crippen molar-refractivity contribution in [2.24, 2.45) is 11.7 Å². The van der Waals surface area contributed by atoms with E-state index in [0.717, 1.165) is 30.7 Å². The number of rotatable bonds is 3. The number of ether oxygens (including phenoxy) is 1. The van der Waals surface area contributed by atoms with Gasteiger partial charge in [-0.2, -0.15) is 0 Å². The minimum atomic E-state index is -0.440. The minimum Gasteiger partial charge on any atom is -0.381 e. The second kappa shape index (κ2) is 6.34. The van der Waals surface area contributed by atoms with Gasteiger partial charge in [0.25, 0.3) is 0 Å². The summed E-state index contributed by atoms with van der Waals surface area (Å²) in [5, 5.41) is 3.85. The van der Waals surface area contributed by atoms with Gasteiger partial charge in [-0.05, 0) is 54.9 Å². The molecular formula is C16H21ClN2O2. The van der Waals surface area contributed by atoms with Crippen LogP contribution >= 0.6 is 11.6 Å². The molecule has 5 heteroatoms. The van der Waals surface area contributed by atoms with Crippen molar-refractivity contribution < 1.29 is 9.53 Å². The van der Waals surface area contributed by atoms with Gasteiger partial charge in [-0.3, -0.25) is 4.79 Å². The molecule has 1 aromatic carbocycles. The van der Waals surface area contributed by atoms with Crippen LogP contribution in [0, 0.1) is 5.92 Å². The number of benzene rings is 1. The van der Waals surface area contributed by atoms with Crippen LogP contribution in [0.3, 0.4) is 0 Å². The van der Waals surface area contributed by atoms with Crippen molar-refractivity contribution in [1.29, 1.82) is 0 Å². The molecule has 0 radical (unpaired) electrons. The predicted molar refractivity (Wildman–Crippen MR) is 82.2 cm³/mol. The number of carbonyl (C=O) groups is 1. The molecule has 4 nitrogen and oxygen atoms in total. The Morgan fingerprint density at radius 2 is 2.10 bits per heavy atom. The maximum atomic E-state index is 12.4. The normalized spacial score (nSPS) is 23.6. The van der Waals surface area contributed by atoms with E-state index in [-0.39, 0.29) is 17.9 Å². The Hall–Kier alpha value is -1.10. The Morgan fingerprint density at radius 1 is 1.33 bits per heavy atom. The molecule has 1 aromatic rings. The summed E-state index contributed by atoms with van der Waals surface area (Å²) < 4.78 is 5.32. The lowest BCUT2D eigenvalue weighted by molar-refractivity contribution is -0.125. The van der Waals surface area contributed by atoms with E-state index in [2.05, 4.69) is 5.32 Å². The van der Waals surface area contributed by atoms with E-state index in [9.17, 15) is 4.79 Å². The number of nitrogens with one attached hydrogen (secondary N) is 1. The van der Waals surface area contributed by atoms with Gasteiger partial charge in [0, 0.05) is 18.2 Å². The molecule has 1 aliphatic heterocycles. The van der Waals surface area contributed by atoms with Gasteiger partial charge in [-0.1, -0.05) is 17.7 Å². The number of carbonyl (C=O) groups excluding carboxylic acids is 1. The molecule has 1 fully saturated rings. The SMILES string of the molecule is NC(C(=O)N[C@@H]1CCc2cc(Cl)ccc21)C1CCOCC1. The molecule has 0 spiro atoms. The van der Waals surface area contributed by atoms with Crippen LogP contribution in [-0.2, 0) is 16.0 Å². The molecule has 2 aliphatic rings. The molecule has 1 unspecified atom stereocenters. The summed E-state index contributed by atoms with van der Waals surface area (Å²) >= 11 is 6.01. The Morgan fingerprint density at radius 3 is 2.86 bits per heavy atom. The first-order valence-electron chi connectivity index (χ1n) is 7.57. The fourth-order valence-electron chi connectivity index (χ4n) is 3.29. The number of fused-ring (bicyclic) bond motifs is 1. The summed E-state index contributed by atoms with van der Waals surface area (Å²) in [5.41, 5.74) is 8.53. The lowest BCUT2D eigenvalue weighted by Crippen LogP contribution is -2.47. The Kier molecular flexibility index (Phi) is 4.48. The van der Waals surface area contributed by atoms with Crippen molar-refractivity contribution in [3.05, 3.63) is 34.3 Å². The highest BCUT2D eigenvalue weighted by molar-refractivity contribution is 6.30. The van der Waals surface area contributed by atoms with Crippen molar-refractivity contribution in [3.63, 3.8) is 0 Å². The van der Waals surface area contributed by atoms with E-state index in [1.54, 1.807) is 0 Å². The van der Waals surface area contributed by atoms with Crippen LogP contribution in [0.2, 0.25) is 5.02 Å². The van der Waals surface area contributed by atoms with Gasteiger partial charge in [0.2, 0.25) is 5.91 Å². The maximum Gasteiger partial charge on any atom is 0.237 e. The first kappa shape index (κ1) is 14.8. The van der Waals surface area contributed by atoms with Crippen LogP contribution in [-0.4, -0.2) is 25.2 Å². The molecule has 2 atom stereocenters. The quantitative estimate of drug-likeness (QED) is 0.899. The van der Waals surface area contributed by atoms with Crippen molar-refractivity contribution in [3.8, 4) is 0 Å². The third kappa shape index (κ3) is 3.23. The highest BCUT2D eigenvalue weighted by Gasteiger charge is 2.30.